The smallest absolute Gasteiger partial charge is 0.223 e. The van der Waals surface area contributed by atoms with Crippen LogP contribution in [0, 0.1) is 11.8 Å². The lowest BCUT2D eigenvalue weighted by Crippen LogP contribution is -2.46. The number of morpholine rings is 1. The van der Waals surface area contributed by atoms with Crippen LogP contribution >= 0.6 is 11.6 Å². The van der Waals surface area contributed by atoms with E-state index in [0.717, 1.165) is 69.4 Å². The summed E-state index contributed by atoms with van der Waals surface area (Å²) >= 11 is 6.48. The van der Waals surface area contributed by atoms with Crippen molar-refractivity contribution >= 4 is 17.5 Å². The topological polar surface area (TPSA) is 44.8 Å². The fraction of sp³-hybridized carbons (Fsp3) is 0.682. The van der Waals surface area contributed by atoms with Crippen LogP contribution in [0.15, 0.2) is 24.3 Å². The first-order valence-electron chi connectivity index (χ1n) is 10.6. The second-order valence-corrected chi connectivity index (χ2v) is 8.81. The number of amides is 1. The normalized spacial score (nSPS) is 21.0. The van der Waals surface area contributed by atoms with Gasteiger partial charge < -0.3 is 15.0 Å². The van der Waals surface area contributed by atoms with Crippen molar-refractivity contribution in [1.29, 1.82) is 0 Å². The summed E-state index contributed by atoms with van der Waals surface area (Å²) in [5.41, 5.74) is 1.08. The van der Waals surface area contributed by atoms with Gasteiger partial charge in [0, 0.05) is 37.1 Å². The van der Waals surface area contributed by atoms with E-state index in [1.165, 1.54) is 0 Å². The van der Waals surface area contributed by atoms with Gasteiger partial charge in [0.1, 0.15) is 0 Å². The van der Waals surface area contributed by atoms with E-state index in [2.05, 4.69) is 35.0 Å². The van der Waals surface area contributed by atoms with Crippen LogP contribution in [0.1, 0.15) is 38.3 Å². The van der Waals surface area contributed by atoms with Gasteiger partial charge in [-0.25, -0.2) is 0 Å². The summed E-state index contributed by atoms with van der Waals surface area (Å²) in [4.78, 5) is 17.7. The van der Waals surface area contributed by atoms with Crippen LogP contribution in [-0.2, 0) is 9.53 Å². The van der Waals surface area contributed by atoms with Crippen LogP contribution in [0.4, 0.5) is 0 Å². The Kier molecular flexibility index (Phi) is 8.15. The maximum absolute atomic E-state index is 12.8. The van der Waals surface area contributed by atoms with Crippen molar-refractivity contribution in [2.24, 2.45) is 11.8 Å². The molecule has 1 N–H and O–H groups in total. The highest BCUT2D eigenvalue weighted by molar-refractivity contribution is 6.31. The van der Waals surface area contributed by atoms with Crippen LogP contribution in [0.5, 0.6) is 0 Å². The van der Waals surface area contributed by atoms with Crippen LogP contribution < -0.4 is 5.32 Å². The number of nitrogens with one attached hydrogen (secondary N) is 1. The van der Waals surface area contributed by atoms with Gasteiger partial charge >= 0.3 is 0 Å². The minimum atomic E-state index is 0.0857. The number of rotatable bonds is 7. The summed E-state index contributed by atoms with van der Waals surface area (Å²) in [6.07, 6.45) is 1.90. The van der Waals surface area contributed by atoms with Gasteiger partial charge in [-0.15, -0.1) is 0 Å². The number of carbonyl (C=O) groups excluding carboxylic acids is 1. The van der Waals surface area contributed by atoms with Crippen molar-refractivity contribution in [3.63, 3.8) is 0 Å². The SMILES string of the molecule is CC(C)CN1CCC(C(=O)NCC(c2ccccc2Cl)N2CCOCC2)CC1. The molecule has 1 unspecified atom stereocenters. The summed E-state index contributed by atoms with van der Waals surface area (Å²) < 4.78 is 5.51. The van der Waals surface area contributed by atoms with E-state index in [0.29, 0.717) is 12.5 Å². The van der Waals surface area contributed by atoms with Gasteiger partial charge in [0.25, 0.3) is 0 Å². The molecule has 3 rings (SSSR count). The summed E-state index contributed by atoms with van der Waals surface area (Å²) in [6, 6.07) is 8.05. The zero-order valence-electron chi connectivity index (χ0n) is 17.2. The van der Waals surface area contributed by atoms with Crippen molar-refractivity contribution in [3.8, 4) is 0 Å². The number of ether oxygens (including phenoxy) is 1. The third kappa shape index (κ3) is 5.93. The van der Waals surface area contributed by atoms with E-state index >= 15 is 0 Å². The third-order valence-electron chi connectivity index (χ3n) is 5.80. The van der Waals surface area contributed by atoms with Crippen molar-refractivity contribution in [1.82, 2.24) is 15.1 Å². The first-order valence-corrected chi connectivity index (χ1v) is 11.0. The van der Waals surface area contributed by atoms with E-state index in [4.69, 9.17) is 16.3 Å². The molecule has 0 aromatic heterocycles. The zero-order valence-corrected chi connectivity index (χ0v) is 18.0. The number of likely N-dealkylation sites (tertiary alicyclic amines) is 1. The number of halogens is 1. The lowest BCUT2D eigenvalue weighted by Gasteiger charge is -2.36. The maximum Gasteiger partial charge on any atom is 0.223 e. The Bertz CT molecular complexity index is 626. The quantitative estimate of drug-likeness (QED) is 0.753. The highest BCUT2D eigenvalue weighted by Crippen LogP contribution is 2.28. The molecule has 1 amide bonds. The molecule has 0 radical (unpaired) electrons. The van der Waals surface area contributed by atoms with Crippen molar-refractivity contribution < 1.29 is 9.53 Å². The predicted octanol–water partition coefficient (Wildman–Crippen LogP) is 3.20. The Morgan fingerprint density at radius 1 is 1.18 bits per heavy atom. The standard InChI is InChI=1S/C22H34ClN3O2/c1-17(2)16-25-9-7-18(8-10-25)22(27)24-15-21(26-11-13-28-14-12-26)19-5-3-4-6-20(19)23/h3-6,17-18,21H,7-16H2,1-2H3,(H,24,27). The Morgan fingerprint density at radius 3 is 2.50 bits per heavy atom. The third-order valence-corrected chi connectivity index (χ3v) is 6.15. The molecule has 2 fully saturated rings. The Hall–Kier alpha value is -1.14. The Labute approximate surface area is 174 Å². The molecule has 1 atom stereocenters. The molecule has 156 valence electrons. The molecule has 2 aliphatic heterocycles. The number of nitrogens with zero attached hydrogens (tertiary/aromatic N) is 2. The highest BCUT2D eigenvalue weighted by Gasteiger charge is 2.28. The Morgan fingerprint density at radius 2 is 1.86 bits per heavy atom. The Balaban J connectivity index is 1.57. The number of hydrogen-bond donors (Lipinski definition) is 1. The second-order valence-electron chi connectivity index (χ2n) is 8.40. The highest BCUT2D eigenvalue weighted by atomic mass is 35.5. The van der Waals surface area contributed by atoms with Crippen molar-refractivity contribution in [2.45, 2.75) is 32.7 Å². The molecular formula is C22H34ClN3O2. The lowest BCUT2D eigenvalue weighted by atomic mass is 9.95. The average molecular weight is 408 g/mol. The van der Waals surface area contributed by atoms with E-state index in [-0.39, 0.29) is 17.9 Å². The number of piperidine rings is 1. The molecule has 5 nitrogen and oxygen atoms in total. The molecule has 6 heteroatoms. The van der Waals surface area contributed by atoms with E-state index in [1.807, 2.05) is 18.2 Å². The number of hydrogen-bond acceptors (Lipinski definition) is 4. The van der Waals surface area contributed by atoms with Crippen LogP contribution in [-0.4, -0.2) is 68.2 Å². The molecule has 2 heterocycles. The summed E-state index contributed by atoms with van der Waals surface area (Å²) in [6.45, 7) is 11.4. The molecule has 1 aromatic rings. The molecule has 0 bridgehead atoms. The van der Waals surface area contributed by atoms with Gasteiger partial charge in [-0.1, -0.05) is 43.6 Å². The van der Waals surface area contributed by atoms with Gasteiger partial charge in [-0.3, -0.25) is 9.69 Å². The fourth-order valence-electron chi connectivity index (χ4n) is 4.31. The van der Waals surface area contributed by atoms with E-state index in [9.17, 15) is 4.79 Å². The van der Waals surface area contributed by atoms with Gasteiger partial charge in [0.05, 0.1) is 19.3 Å². The van der Waals surface area contributed by atoms with Gasteiger partial charge in [0.15, 0.2) is 0 Å². The molecule has 2 aliphatic rings. The summed E-state index contributed by atoms with van der Waals surface area (Å²) in [5, 5.41) is 3.99. The number of benzene rings is 1. The van der Waals surface area contributed by atoms with Crippen molar-refractivity contribution in [2.75, 3.05) is 52.5 Å². The molecule has 0 aliphatic carbocycles. The summed E-state index contributed by atoms with van der Waals surface area (Å²) in [5.74, 6) is 0.991. The van der Waals surface area contributed by atoms with Gasteiger partial charge in [-0.05, 0) is 43.5 Å². The molecule has 28 heavy (non-hydrogen) atoms. The zero-order chi connectivity index (χ0) is 19.9. The predicted molar refractivity (Wildman–Crippen MR) is 114 cm³/mol. The van der Waals surface area contributed by atoms with E-state index in [1.54, 1.807) is 0 Å². The first kappa shape index (κ1) is 21.6. The fourth-order valence-corrected chi connectivity index (χ4v) is 4.57. The monoisotopic (exact) mass is 407 g/mol. The molecule has 1 aromatic carbocycles. The van der Waals surface area contributed by atoms with Gasteiger partial charge in [-0.2, -0.15) is 0 Å². The molecule has 0 spiro atoms. The average Bonchev–Trinajstić information content (AvgIpc) is 2.70. The van der Waals surface area contributed by atoms with Crippen LogP contribution in [0.25, 0.3) is 0 Å². The minimum Gasteiger partial charge on any atom is -0.379 e. The van der Waals surface area contributed by atoms with Crippen LogP contribution in [0.2, 0.25) is 5.02 Å². The summed E-state index contributed by atoms with van der Waals surface area (Å²) in [7, 11) is 0. The molecular weight excluding hydrogens is 374 g/mol. The number of carbonyl (C=O) groups is 1. The van der Waals surface area contributed by atoms with E-state index < -0.39 is 0 Å². The molecule has 2 saturated heterocycles. The second kappa shape index (κ2) is 10.6. The first-order chi connectivity index (χ1) is 13.5. The van der Waals surface area contributed by atoms with Crippen LogP contribution in [0.3, 0.4) is 0 Å². The van der Waals surface area contributed by atoms with Crippen molar-refractivity contribution in [3.05, 3.63) is 34.9 Å². The van der Waals surface area contributed by atoms with Gasteiger partial charge in [0.2, 0.25) is 5.91 Å². The maximum atomic E-state index is 12.8. The molecule has 0 saturated carbocycles. The largest absolute Gasteiger partial charge is 0.379 e. The minimum absolute atomic E-state index is 0.0857. The lowest BCUT2D eigenvalue weighted by molar-refractivity contribution is -0.126.